The molecule has 2 N–H and O–H groups in total. The summed E-state index contributed by atoms with van der Waals surface area (Å²) in [5, 5.41) is 20.0. The summed E-state index contributed by atoms with van der Waals surface area (Å²) in [5.41, 5.74) is -2.27. The molecule has 0 heterocycles. The van der Waals surface area contributed by atoms with E-state index in [-0.39, 0.29) is 26.1 Å². The van der Waals surface area contributed by atoms with E-state index < -0.39 is 40.8 Å². The molecule has 2 radical (unpaired) electrons. The number of carboxylic acid groups (broad SMARTS) is 1. The van der Waals surface area contributed by atoms with E-state index in [1.54, 1.807) is 19.1 Å². The van der Waals surface area contributed by atoms with Gasteiger partial charge in [0.15, 0.2) is 0 Å². The second kappa shape index (κ2) is 13.4. The Balaban J connectivity index is 2.71. The molecule has 34 heavy (non-hydrogen) atoms. The van der Waals surface area contributed by atoms with Gasteiger partial charge in [-0.15, -0.1) is 0 Å². The summed E-state index contributed by atoms with van der Waals surface area (Å²) in [6.07, 6.45) is -1.16. The first kappa shape index (κ1) is 29.6. The van der Waals surface area contributed by atoms with Crippen molar-refractivity contribution in [1.82, 2.24) is 4.90 Å². The molecule has 0 saturated carbocycles. The molecule has 0 aliphatic rings. The number of hydrogen-bond acceptors (Lipinski definition) is 7. The standard InChI is InChI=1S/C26H39NO7/c1-7-27(8-2)15-21(28)17-33-22(29)19(3)14-26(6,23(30)31)18-25(4,5)24(32)34-16-20-12-10-9-11-13-20/h4,9-13,19,21,28H,7-8,14-18H2,1-3,5-6H3,(H,30,31). The Morgan fingerprint density at radius 3 is 2.21 bits per heavy atom. The van der Waals surface area contributed by atoms with E-state index in [9.17, 15) is 24.6 Å². The monoisotopic (exact) mass is 477 g/mol. The van der Waals surface area contributed by atoms with Crippen molar-refractivity contribution in [3.63, 3.8) is 0 Å². The first-order chi connectivity index (χ1) is 15.8. The molecule has 0 aliphatic heterocycles. The third kappa shape index (κ3) is 9.43. The minimum absolute atomic E-state index is 0.0226. The number of nitrogens with zero attached hydrogens (tertiary/aromatic N) is 1. The second-order valence-electron chi connectivity index (χ2n) is 9.40. The predicted molar refractivity (Wildman–Crippen MR) is 128 cm³/mol. The summed E-state index contributed by atoms with van der Waals surface area (Å²) in [5.74, 6) is -3.30. The van der Waals surface area contributed by atoms with Crippen LogP contribution in [0.2, 0.25) is 0 Å². The summed E-state index contributed by atoms with van der Waals surface area (Å²) in [4.78, 5) is 39.2. The first-order valence-corrected chi connectivity index (χ1v) is 11.6. The number of likely N-dealkylation sites (N-methyl/N-ethyl adjacent to an activating group) is 1. The maximum atomic E-state index is 12.6. The van der Waals surface area contributed by atoms with Crippen LogP contribution in [0.1, 0.15) is 53.0 Å². The molecular weight excluding hydrogens is 438 g/mol. The number of carbonyl (C=O) groups excluding carboxylic acids is 2. The van der Waals surface area contributed by atoms with E-state index in [1.807, 2.05) is 36.9 Å². The number of carboxylic acids is 1. The average Bonchev–Trinajstić information content (AvgIpc) is 2.79. The van der Waals surface area contributed by atoms with E-state index in [0.717, 1.165) is 18.7 Å². The van der Waals surface area contributed by atoms with Crippen molar-refractivity contribution in [3.8, 4) is 0 Å². The van der Waals surface area contributed by atoms with Crippen molar-refractivity contribution in [3.05, 3.63) is 42.8 Å². The van der Waals surface area contributed by atoms with Gasteiger partial charge < -0.3 is 24.6 Å². The van der Waals surface area contributed by atoms with E-state index >= 15 is 0 Å². The summed E-state index contributed by atoms with van der Waals surface area (Å²) < 4.78 is 10.5. The highest BCUT2D eigenvalue weighted by atomic mass is 16.5. The molecule has 1 aromatic carbocycles. The van der Waals surface area contributed by atoms with Crippen LogP contribution in [-0.4, -0.2) is 65.4 Å². The average molecular weight is 478 g/mol. The van der Waals surface area contributed by atoms with Crippen LogP contribution in [0.25, 0.3) is 0 Å². The van der Waals surface area contributed by atoms with Crippen LogP contribution < -0.4 is 0 Å². The van der Waals surface area contributed by atoms with E-state index in [0.29, 0.717) is 6.54 Å². The van der Waals surface area contributed by atoms with Gasteiger partial charge >= 0.3 is 17.9 Å². The van der Waals surface area contributed by atoms with Crippen molar-refractivity contribution < 1.29 is 34.1 Å². The van der Waals surface area contributed by atoms with Gasteiger partial charge in [0.1, 0.15) is 19.3 Å². The van der Waals surface area contributed by atoms with Gasteiger partial charge in [-0.1, -0.05) is 51.1 Å². The highest BCUT2D eigenvalue weighted by Gasteiger charge is 2.45. The third-order valence-corrected chi connectivity index (χ3v) is 5.89. The SMILES string of the molecule is [CH]C(C)(CC(C)(CC(C)C(=O)OCC(O)CN(CC)CC)C(=O)O)C(=O)OCc1ccccc1. The molecule has 8 heteroatoms. The summed E-state index contributed by atoms with van der Waals surface area (Å²) in [6.45, 7) is 16.3. The number of aliphatic carboxylic acids is 1. The summed E-state index contributed by atoms with van der Waals surface area (Å²) in [7, 11) is 0. The lowest BCUT2D eigenvalue weighted by Gasteiger charge is -2.34. The topological polar surface area (TPSA) is 113 Å². The minimum atomic E-state index is -1.58. The Bertz CT molecular complexity index is 792. The lowest BCUT2D eigenvalue weighted by molar-refractivity contribution is -0.161. The fourth-order valence-electron chi connectivity index (χ4n) is 3.92. The maximum absolute atomic E-state index is 12.6. The van der Waals surface area contributed by atoms with Crippen LogP contribution in [0.3, 0.4) is 0 Å². The molecule has 1 rings (SSSR count). The van der Waals surface area contributed by atoms with Crippen molar-refractivity contribution in [1.29, 1.82) is 0 Å². The lowest BCUT2D eigenvalue weighted by Crippen LogP contribution is -2.40. The lowest BCUT2D eigenvalue weighted by atomic mass is 9.70. The first-order valence-electron chi connectivity index (χ1n) is 11.6. The maximum Gasteiger partial charge on any atom is 0.312 e. The zero-order valence-corrected chi connectivity index (χ0v) is 21.0. The van der Waals surface area contributed by atoms with E-state index in [1.165, 1.54) is 13.8 Å². The Labute approximate surface area is 203 Å². The highest BCUT2D eigenvalue weighted by Crippen LogP contribution is 2.40. The molecule has 8 nitrogen and oxygen atoms in total. The number of ether oxygens (including phenoxy) is 2. The van der Waals surface area contributed by atoms with Crippen LogP contribution in [0, 0.1) is 23.7 Å². The number of benzene rings is 1. The fraction of sp³-hybridized carbons (Fsp3) is 0.615. The quantitative estimate of drug-likeness (QED) is 0.370. The molecule has 0 aliphatic carbocycles. The smallest absolute Gasteiger partial charge is 0.312 e. The number of carbonyl (C=O) groups is 3. The number of esters is 2. The van der Waals surface area contributed by atoms with Crippen LogP contribution in [0.5, 0.6) is 0 Å². The molecule has 190 valence electrons. The molecule has 4 atom stereocenters. The second-order valence-corrected chi connectivity index (χ2v) is 9.40. The normalized spacial score (nSPS) is 15.3. The molecule has 1 aromatic rings. The van der Waals surface area contributed by atoms with Gasteiger partial charge in [-0.3, -0.25) is 14.4 Å². The summed E-state index contributed by atoms with van der Waals surface area (Å²) in [6, 6.07) is 9.07. The van der Waals surface area contributed by atoms with Gasteiger partial charge in [0.05, 0.1) is 16.7 Å². The van der Waals surface area contributed by atoms with Crippen LogP contribution in [0.15, 0.2) is 30.3 Å². The van der Waals surface area contributed by atoms with Gasteiger partial charge in [-0.25, -0.2) is 0 Å². The Morgan fingerprint density at radius 2 is 1.68 bits per heavy atom. The fourth-order valence-corrected chi connectivity index (χ4v) is 3.92. The van der Waals surface area contributed by atoms with Crippen molar-refractivity contribution >= 4 is 17.9 Å². The highest BCUT2D eigenvalue weighted by molar-refractivity contribution is 5.81. The van der Waals surface area contributed by atoms with Crippen molar-refractivity contribution in [2.75, 3.05) is 26.2 Å². The number of hydrogen-bond donors (Lipinski definition) is 2. The molecule has 0 aromatic heterocycles. The molecule has 0 fully saturated rings. The van der Waals surface area contributed by atoms with E-state index in [4.69, 9.17) is 16.4 Å². The van der Waals surface area contributed by atoms with Gasteiger partial charge in [0.25, 0.3) is 0 Å². The molecule has 0 bridgehead atoms. The van der Waals surface area contributed by atoms with Crippen LogP contribution in [0.4, 0.5) is 0 Å². The van der Waals surface area contributed by atoms with Crippen molar-refractivity contribution in [2.24, 2.45) is 16.7 Å². The number of aliphatic hydroxyl groups is 1. The number of aliphatic hydroxyl groups excluding tert-OH is 1. The van der Waals surface area contributed by atoms with Crippen molar-refractivity contribution in [2.45, 2.75) is 60.2 Å². The minimum Gasteiger partial charge on any atom is -0.481 e. The Hall–Kier alpha value is -2.45. The van der Waals surface area contributed by atoms with Gasteiger partial charge in [0, 0.05) is 6.54 Å². The molecule has 0 spiro atoms. The molecule has 0 saturated heterocycles. The van der Waals surface area contributed by atoms with Gasteiger partial charge in [-0.05, 0) is 52.3 Å². The van der Waals surface area contributed by atoms with E-state index in [2.05, 4.69) is 0 Å². The van der Waals surface area contributed by atoms with Crippen LogP contribution >= 0.6 is 0 Å². The van der Waals surface area contributed by atoms with Gasteiger partial charge in [0.2, 0.25) is 0 Å². The Morgan fingerprint density at radius 1 is 1.09 bits per heavy atom. The largest absolute Gasteiger partial charge is 0.481 e. The molecule has 4 unspecified atom stereocenters. The van der Waals surface area contributed by atoms with Gasteiger partial charge in [-0.2, -0.15) is 0 Å². The number of rotatable bonds is 15. The third-order valence-electron chi connectivity index (χ3n) is 5.89. The zero-order valence-electron chi connectivity index (χ0n) is 21.0. The Kier molecular flexibility index (Phi) is 11.7. The molecule has 0 amide bonds. The molecular formula is C26H39NO7. The zero-order chi connectivity index (χ0) is 25.9. The summed E-state index contributed by atoms with van der Waals surface area (Å²) >= 11 is 0. The predicted octanol–water partition coefficient (Wildman–Crippen LogP) is 3.20. The van der Waals surface area contributed by atoms with Crippen LogP contribution in [-0.2, 0) is 30.5 Å².